The van der Waals surface area contributed by atoms with Crippen LogP contribution in [0, 0.1) is 18.7 Å². The van der Waals surface area contributed by atoms with Crippen LogP contribution in [0.4, 0.5) is 4.39 Å². The van der Waals surface area contributed by atoms with Crippen molar-refractivity contribution in [3.8, 4) is 22.7 Å². The summed E-state index contributed by atoms with van der Waals surface area (Å²) in [4.78, 5) is 17.5. The molecule has 2 aromatic carbocycles. The van der Waals surface area contributed by atoms with Gasteiger partial charge in [-0.1, -0.05) is 32.0 Å². The number of benzene rings is 2. The van der Waals surface area contributed by atoms with E-state index in [1.54, 1.807) is 6.07 Å². The first kappa shape index (κ1) is 23.6. The molecular weight excluding hydrogens is 441 g/mol. The number of nitrogens with zero attached hydrogens (tertiary/aromatic N) is 3. The standard InChI is InChI=1S/C29H34FN3O2/c1-20(2)18-31-12-14-32(15-13-31)28(34)11-9-23-17-22-19-35-27-7-5-4-6-24(27)29(22)33(23)26-10-8-21(3)16-25(26)30/h4-8,10,16-17,20H,9,11-15,18-19H2,1-3H3. The van der Waals surface area contributed by atoms with Gasteiger partial charge >= 0.3 is 0 Å². The van der Waals surface area contributed by atoms with Crippen molar-refractivity contribution in [3.63, 3.8) is 0 Å². The number of aromatic nitrogens is 1. The van der Waals surface area contributed by atoms with Gasteiger partial charge in [-0.25, -0.2) is 4.39 Å². The molecule has 5 rings (SSSR count). The van der Waals surface area contributed by atoms with Crippen molar-refractivity contribution in [3.05, 3.63) is 71.2 Å². The van der Waals surface area contributed by atoms with Crippen LogP contribution in [-0.4, -0.2) is 53.0 Å². The van der Waals surface area contributed by atoms with Gasteiger partial charge in [0.2, 0.25) is 5.91 Å². The highest BCUT2D eigenvalue weighted by atomic mass is 19.1. The molecule has 1 aromatic heterocycles. The van der Waals surface area contributed by atoms with Crippen LogP contribution < -0.4 is 4.74 Å². The molecule has 2 aliphatic heterocycles. The van der Waals surface area contributed by atoms with Crippen molar-refractivity contribution < 1.29 is 13.9 Å². The van der Waals surface area contributed by atoms with E-state index >= 15 is 4.39 Å². The van der Waals surface area contributed by atoms with Crippen LogP contribution in [0.3, 0.4) is 0 Å². The second-order valence-corrected chi connectivity index (χ2v) is 10.2. The van der Waals surface area contributed by atoms with E-state index in [-0.39, 0.29) is 11.7 Å². The number of hydrogen-bond acceptors (Lipinski definition) is 3. The van der Waals surface area contributed by atoms with E-state index in [1.165, 1.54) is 0 Å². The number of hydrogen-bond donors (Lipinski definition) is 0. The number of carbonyl (C=O) groups is 1. The summed E-state index contributed by atoms with van der Waals surface area (Å²) >= 11 is 0. The van der Waals surface area contributed by atoms with Crippen LogP contribution >= 0.6 is 0 Å². The molecule has 0 unspecified atom stereocenters. The van der Waals surface area contributed by atoms with E-state index in [4.69, 9.17) is 4.74 Å². The van der Waals surface area contributed by atoms with Crippen molar-refractivity contribution in [2.24, 2.45) is 5.92 Å². The molecule has 35 heavy (non-hydrogen) atoms. The van der Waals surface area contributed by atoms with Gasteiger partial charge in [0, 0.05) is 56.0 Å². The first-order valence-corrected chi connectivity index (χ1v) is 12.6. The topological polar surface area (TPSA) is 37.7 Å². The molecule has 1 amide bonds. The molecule has 3 heterocycles. The maximum absolute atomic E-state index is 15.2. The molecule has 0 radical (unpaired) electrons. The fourth-order valence-corrected chi connectivity index (χ4v) is 5.31. The summed E-state index contributed by atoms with van der Waals surface area (Å²) in [6.45, 7) is 11.3. The van der Waals surface area contributed by atoms with Crippen molar-refractivity contribution in [1.29, 1.82) is 0 Å². The molecule has 5 nitrogen and oxygen atoms in total. The van der Waals surface area contributed by atoms with Gasteiger partial charge in [0.05, 0.1) is 11.4 Å². The lowest BCUT2D eigenvalue weighted by atomic mass is 10.0. The quantitative estimate of drug-likeness (QED) is 0.491. The zero-order valence-electron chi connectivity index (χ0n) is 20.9. The summed E-state index contributed by atoms with van der Waals surface area (Å²) in [7, 11) is 0. The Morgan fingerprint density at radius 1 is 1.06 bits per heavy atom. The highest BCUT2D eigenvalue weighted by molar-refractivity contribution is 5.78. The van der Waals surface area contributed by atoms with Gasteiger partial charge in [0.1, 0.15) is 18.2 Å². The molecule has 2 aliphatic rings. The summed E-state index contributed by atoms with van der Waals surface area (Å²) in [5.74, 6) is 1.34. The van der Waals surface area contributed by atoms with E-state index in [2.05, 4.69) is 24.8 Å². The Kier molecular flexibility index (Phi) is 6.65. The summed E-state index contributed by atoms with van der Waals surface area (Å²) in [5.41, 5.74) is 5.26. The van der Waals surface area contributed by atoms with E-state index in [1.807, 2.05) is 52.8 Å². The average molecular weight is 476 g/mol. The summed E-state index contributed by atoms with van der Waals surface area (Å²) in [5, 5.41) is 0. The van der Waals surface area contributed by atoms with Crippen molar-refractivity contribution in [2.45, 2.75) is 40.2 Å². The second-order valence-electron chi connectivity index (χ2n) is 10.2. The summed E-state index contributed by atoms with van der Waals surface area (Å²) < 4.78 is 23.2. The van der Waals surface area contributed by atoms with Crippen molar-refractivity contribution in [2.75, 3.05) is 32.7 Å². The van der Waals surface area contributed by atoms with Crippen LogP contribution in [0.25, 0.3) is 16.9 Å². The fourth-order valence-electron chi connectivity index (χ4n) is 5.31. The molecule has 0 atom stereocenters. The van der Waals surface area contributed by atoms with Crippen molar-refractivity contribution in [1.82, 2.24) is 14.4 Å². The number of fused-ring (bicyclic) bond motifs is 3. The molecule has 0 aliphatic carbocycles. The molecule has 0 saturated carbocycles. The fraction of sp³-hybridized carbons (Fsp3) is 0.414. The van der Waals surface area contributed by atoms with Crippen LogP contribution in [0.5, 0.6) is 5.75 Å². The Hall–Kier alpha value is -3.12. The Bertz CT molecular complexity index is 1220. The van der Waals surface area contributed by atoms with Gasteiger partial charge in [-0.2, -0.15) is 0 Å². The number of aryl methyl sites for hydroxylation is 2. The monoisotopic (exact) mass is 475 g/mol. The first-order chi connectivity index (χ1) is 16.9. The third-order valence-electron chi connectivity index (χ3n) is 6.97. The largest absolute Gasteiger partial charge is 0.488 e. The number of piperazine rings is 1. The van der Waals surface area contributed by atoms with Crippen LogP contribution in [0.15, 0.2) is 48.5 Å². The van der Waals surface area contributed by atoms with Gasteiger partial charge in [0.25, 0.3) is 0 Å². The Labute approximate surface area is 207 Å². The minimum Gasteiger partial charge on any atom is -0.488 e. The van der Waals surface area contributed by atoms with Gasteiger partial charge in [-0.15, -0.1) is 0 Å². The second kappa shape index (κ2) is 9.86. The molecule has 0 spiro atoms. The molecule has 0 bridgehead atoms. The zero-order chi connectivity index (χ0) is 24.5. The first-order valence-electron chi connectivity index (χ1n) is 12.6. The Balaban J connectivity index is 1.41. The Morgan fingerprint density at radius 3 is 2.57 bits per heavy atom. The predicted molar refractivity (Wildman–Crippen MR) is 136 cm³/mol. The van der Waals surface area contributed by atoms with Crippen LogP contribution in [0.2, 0.25) is 0 Å². The lowest BCUT2D eigenvalue weighted by molar-refractivity contribution is -0.133. The maximum Gasteiger partial charge on any atom is 0.223 e. The van der Waals surface area contributed by atoms with Gasteiger partial charge in [0.15, 0.2) is 0 Å². The SMILES string of the molecule is Cc1ccc(-n2c(CCC(=O)N3CCN(CC(C)C)CC3)cc3c2-c2ccccc2OC3)c(F)c1. The van der Waals surface area contributed by atoms with Crippen molar-refractivity contribution >= 4 is 5.91 Å². The third kappa shape index (κ3) is 4.85. The number of amides is 1. The van der Waals surface area contributed by atoms with Gasteiger partial charge in [-0.3, -0.25) is 9.69 Å². The zero-order valence-corrected chi connectivity index (χ0v) is 20.9. The number of carbonyl (C=O) groups excluding carboxylic acids is 1. The van der Waals surface area contributed by atoms with Crippen LogP contribution in [0.1, 0.15) is 37.1 Å². The highest BCUT2D eigenvalue weighted by Gasteiger charge is 2.27. The number of rotatable bonds is 6. The molecule has 0 N–H and O–H groups in total. The van der Waals surface area contributed by atoms with E-state index in [0.29, 0.717) is 31.1 Å². The Morgan fingerprint density at radius 2 is 1.83 bits per heavy atom. The smallest absolute Gasteiger partial charge is 0.223 e. The number of para-hydroxylation sites is 1. The lowest BCUT2D eigenvalue weighted by Crippen LogP contribution is -2.49. The normalized spacial score (nSPS) is 15.6. The predicted octanol–water partition coefficient (Wildman–Crippen LogP) is 5.22. The minimum atomic E-state index is -0.263. The maximum atomic E-state index is 15.2. The highest BCUT2D eigenvalue weighted by Crippen LogP contribution is 2.41. The lowest BCUT2D eigenvalue weighted by Gasteiger charge is -2.35. The molecular formula is C29H34FN3O2. The van der Waals surface area contributed by atoms with E-state index in [9.17, 15) is 4.79 Å². The van der Waals surface area contributed by atoms with E-state index in [0.717, 1.165) is 66.6 Å². The summed E-state index contributed by atoms with van der Waals surface area (Å²) in [6, 6.07) is 15.3. The van der Waals surface area contributed by atoms with Gasteiger partial charge in [-0.05, 0) is 55.2 Å². The molecule has 6 heteroatoms. The average Bonchev–Trinajstić information content (AvgIpc) is 3.21. The molecule has 184 valence electrons. The number of halogens is 1. The molecule has 1 fully saturated rings. The third-order valence-corrected chi connectivity index (χ3v) is 6.97. The van der Waals surface area contributed by atoms with Crippen LogP contribution in [-0.2, 0) is 17.8 Å². The minimum absolute atomic E-state index is 0.168. The molecule has 3 aromatic rings. The molecule has 1 saturated heterocycles. The van der Waals surface area contributed by atoms with E-state index < -0.39 is 0 Å². The number of ether oxygens (including phenoxy) is 1. The summed E-state index contributed by atoms with van der Waals surface area (Å²) in [6.07, 6.45) is 0.955. The van der Waals surface area contributed by atoms with Gasteiger partial charge < -0.3 is 14.2 Å².